The van der Waals surface area contributed by atoms with Gasteiger partial charge in [-0.1, -0.05) is 43.7 Å². The van der Waals surface area contributed by atoms with Gasteiger partial charge >= 0.3 is 6.18 Å². The van der Waals surface area contributed by atoms with Crippen LogP contribution < -0.4 is 5.32 Å². The van der Waals surface area contributed by atoms with Crippen molar-refractivity contribution in [2.45, 2.75) is 32.9 Å². The summed E-state index contributed by atoms with van der Waals surface area (Å²) < 4.78 is 41.4. The van der Waals surface area contributed by atoms with Gasteiger partial charge in [-0.25, -0.2) is 0 Å². The molecule has 0 radical (unpaired) electrons. The van der Waals surface area contributed by atoms with Crippen LogP contribution in [-0.4, -0.2) is 32.5 Å². The van der Waals surface area contributed by atoms with E-state index in [1.165, 1.54) is 0 Å². The minimum absolute atomic E-state index is 0.0632. The highest BCUT2D eigenvalue weighted by atomic mass is 19.4. The molecule has 120 valence electrons. The van der Waals surface area contributed by atoms with Gasteiger partial charge in [-0.05, 0) is 24.9 Å². The normalized spacial score (nSPS) is 13.7. The highest BCUT2D eigenvalue weighted by Crippen LogP contribution is 2.19. The van der Waals surface area contributed by atoms with Gasteiger partial charge in [0.25, 0.3) is 0 Å². The Kier molecular flexibility index (Phi) is 7.18. The van der Waals surface area contributed by atoms with E-state index in [9.17, 15) is 13.2 Å². The maximum absolute atomic E-state index is 12.2. The number of nitrogens with one attached hydrogen (secondary N) is 1. The van der Waals surface area contributed by atoms with Crippen LogP contribution in [0.25, 0.3) is 0 Å². The summed E-state index contributed by atoms with van der Waals surface area (Å²) in [7, 11) is 0. The fourth-order valence-corrected chi connectivity index (χ4v) is 1.97. The van der Waals surface area contributed by atoms with Gasteiger partial charge in [0.1, 0.15) is 6.61 Å². The van der Waals surface area contributed by atoms with Crippen LogP contribution in [0.1, 0.15) is 30.9 Å². The van der Waals surface area contributed by atoms with Crippen LogP contribution in [0.4, 0.5) is 13.2 Å². The first-order valence-electron chi connectivity index (χ1n) is 7.19. The van der Waals surface area contributed by atoms with Gasteiger partial charge in [0.05, 0.1) is 6.61 Å². The Morgan fingerprint density at radius 1 is 1.10 bits per heavy atom. The molecular weight excluding hydrogens is 279 g/mol. The predicted octanol–water partition coefficient (Wildman–Crippen LogP) is 3.90. The van der Waals surface area contributed by atoms with Crippen LogP contribution in [0, 0.1) is 12.8 Å². The summed E-state index contributed by atoms with van der Waals surface area (Å²) in [5.74, 6) is 0.423. The van der Waals surface area contributed by atoms with Gasteiger partial charge in [0, 0.05) is 12.5 Å². The van der Waals surface area contributed by atoms with Crippen LogP contribution in [-0.2, 0) is 4.74 Å². The molecule has 1 aromatic rings. The highest BCUT2D eigenvalue weighted by molar-refractivity contribution is 5.24. The van der Waals surface area contributed by atoms with Crippen LogP contribution >= 0.6 is 0 Å². The third kappa shape index (κ3) is 8.07. The number of halogens is 3. The Balaban J connectivity index is 2.59. The number of rotatable bonds is 8. The number of hydrogen-bond donors (Lipinski definition) is 1. The van der Waals surface area contributed by atoms with Gasteiger partial charge in [-0.2, -0.15) is 13.2 Å². The maximum Gasteiger partial charge on any atom is 0.411 e. The predicted molar refractivity (Wildman–Crippen MR) is 78.5 cm³/mol. The van der Waals surface area contributed by atoms with Crippen molar-refractivity contribution < 1.29 is 17.9 Å². The molecule has 0 fully saturated rings. The number of hydrogen-bond acceptors (Lipinski definition) is 2. The van der Waals surface area contributed by atoms with Gasteiger partial charge in [-0.3, -0.25) is 0 Å². The summed E-state index contributed by atoms with van der Waals surface area (Å²) >= 11 is 0. The van der Waals surface area contributed by atoms with Gasteiger partial charge in [0.2, 0.25) is 0 Å². The van der Waals surface area contributed by atoms with Crippen molar-refractivity contribution in [2.75, 3.05) is 26.3 Å². The van der Waals surface area contributed by atoms with Crippen LogP contribution in [0.3, 0.4) is 0 Å². The van der Waals surface area contributed by atoms with E-state index in [-0.39, 0.29) is 12.5 Å². The van der Waals surface area contributed by atoms with E-state index in [0.717, 1.165) is 17.7 Å². The zero-order chi connectivity index (χ0) is 15.9. The van der Waals surface area contributed by atoms with Crippen molar-refractivity contribution >= 4 is 0 Å². The number of alkyl halides is 3. The molecule has 0 amide bonds. The third-order valence-electron chi connectivity index (χ3n) is 3.08. The second-order valence-electron chi connectivity index (χ2n) is 5.79. The topological polar surface area (TPSA) is 21.3 Å². The lowest BCUT2D eigenvalue weighted by Crippen LogP contribution is -2.29. The first-order valence-corrected chi connectivity index (χ1v) is 7.19. The molecule has 0 aliphatic rings. The lowest BCUT2D eigenvalue weighted by molar-refractivity contribution is -0.174. The minimum atomic E-state index is -4.27. The molecule has 0 aliphatic carbocycles. The molecule has 21 heavy (non-hydrogen) atoms. The van der Waals surface area contributed by atoms with E-state index in [1.54, 1.807) is 0 Å². The van der Waals surface area contributed by atoms with Crippen LogP contribution in [0.15, 0.2) is 24.3 Å². The molecule has 2 nitrogen and oxygen atoms in total. The molecule has 1 rings (SSSR count). The van der Waals surface area contributed by atoms with Crippen LogP contribution in [0.5, 0.6) is 0 Å². The average Bonchev–Trinajstić information content (AvgIpc) is 2.36. The minimum Gasteiger partial charge on any atom is -0.371 e. The standard InChI is InChI=1S/C16H24F3NO/c1-12(2)8-20-9-15(10-21-11-16(17,18)19)14-6-4-13(3)5-7-14/h4-7,12,15,20H,8-11H2,1-3H3. The van der Waals surface area contributed by atoms with E-state index in [2.05, 4.69) is 19.2 Å². The molecule has 0 bridgehead atoms. The largest absolute Gasteiger partial charge is 0.411 e. The quantitative estimate of drug-likeness (QED) is 0.786. The summed E-state index contributed by atoms with van der Waals surface area (Å²) in [6.07, 6.45) is -4.27. The Hall–Kier alpha value is -1.07. The summed E-state index contributed by atoms with van der Waals surface area (Å²) in [5.41, 5.74) is 2.13. The number of ether oxygens (including phenoxy) is 1. The monoisotopic (exact) mass is 303 g/mol. The Labute approximate surface area is 124 Å². The molecule has 1 atom stereocenters. The number of benzene rings is 1. The Morgan fingerprint density at radius 2 is 1.71 bits per heavy atom. The lowest BCUT2D eigenvalue weighted by Gasteiger charge is -2.20. The van der Waals surface area contributed by atoms with E-state index >= 15 is 0 Å². The first kappa shape index (κ1) is 18.0. The molecule has 0 saturated heterocycles. The molecule has 0 aliphatic heterocycles. The smallest absolute Gasteiger partial charge is 0.371 e. The maximum atomic E-state index is 12.2. The van der Waals surface area contributed by atoms with Gasteiger partial charge in [-0.15, -0.1) is 0 Å². The van der Waals surface area contributed by atoms with Crippen molar-refractivity contribution in [1.82, 2.24) is 5.32 Å². The van der Waals surface area contributed by atoms with Crippen molar-refractivity contribution in [3.8, 4) is 0 Å². The fourth-order valence-electron chi connectivity index (χ4n) is 1.97. The molecule has 0 saturated carbocycles. The molecule has 0 aromatic heterocycles. The first-order chi connectivity index (χ1) is 9.78. The molecule has 1 N–H and O–H groups in total. The van der Waals surface area contributed by atoms with Crippen molar-refractivity contribution in [2.24, 2.45) is 5.92 Å². The van der Waals surface area contributed by atoms with Gasteiger partial charge < -0.3 is 10.1 Å². The van der Waals surface area contributed by atoms with E-state index < -0.39 is 12.8 Å². The highest BCUT2D eigenvalue weighted by Gasteiger charge is 2.28. The zero-order valence-electron chi connectivity index (χ0n) is 12.8. The average molecular weight is 303 g/mol. The van der Waals surface area contributed by atoms with Gasteiger partial charge in [0.15, 0.2) is 0 Å². The third-order valence-corrected chi connectivity index (χ3v) is 3.08. The SMILES string of the molecule is Cc1ccc(C(CNCC(C)C)COCC(F)(F)F)cc1. The van der Waals surface area contributed by atoms with Crippen molar-refractivity contribution in [3.63, 3.8) is 0 Å². The van der Waals surface area contributed by atoms with E-state index in [1.807, 2.05) is 31.2 Å². The van der Waals surface area contributed by atoms with Crippen molar-refractivity contribution in [3.05, 3.63) is 35.4 Å². The lowest BCUT2D eigenvalue weighted by atomic mass is 9.98. The zero-order valence-corrected chi connectivity index (χ0v) is 12.8. The summed E-state index contributed by atoms with van der Waals surface area (Å²) in [4.78, 5) is 0. The molecule has 0 heterocycles. The summed E-state index contributed by atoms with van der Waals surface area (Å²) in [5, 5.41) is 3.28. The number of aryl methyl sites for hydroxylation is 1. The second-order valence-corrected chi connectivity index (χ2v) is 5.79. The molecule has 5 heteroatoms. The Morgan fingerprint density at radius 3 is 2.24 bits per heavy atom. The van der Waals surface area contributed by atoms with Crippen LogP contribution in [0.2, 0.25) is 0 Å². The summed E-state index contributed by atoms with van der Waals surface area (Å²) in [6, 6.07) is 7.84. The molecular formula is C16H24F3NO. The fraction of sp³-hybridized carbons (Fsp3) is 0.625. The molecule has 1 unspecified atom stereocenters. The Bertz CT molecular complexity index is 401. The van der Waals surface area contributed by atoms with Crippen molar-refractivity contribution in [1.29, 1.82) is 0 Å². The second kappa shape index (κ2) is 8.39. The molecule has 1 aromatic carbocycles. The molecule has 0 spiro atoms. The van der Waals surface area contributed by atoms with E-state index in [0.29, 0.717) is 12.5 Å². The summed E-state index contributed by atoms with van der Waals surface area (Å²) in [6.45, 7) is 6.48. The van der Waals surface area contributed by atoms with E-state index in [4.69, 9.17) is 4.74 Å².